The minimum absolute atomic E-state index is 0.0930. The van der Waals surface area contributed by atoms with Crippen LogP contribution in [0.1, 0.15) is 51.2 Å². The fraction of sp³-hybridized carbons (Fsp3) is 0.625. The Morgan fingerprint density at radius 1 is 1.16 bits per heavy atom. The van der Waals surface area contributed by atoms with Crippen LogP contribution in [0.2, 0.25) is 0 Å². The van der Waals surface area contributed by atoms with Crippen molar-refractivity contribution < 1.29 is 14.6 Å². The van der Waals surface area contributed by atoms with E-state index < -0.39 is 11.7 Å². The van der Waals surface area contributed by atoms with E-state index >= 15 is 0 Å². The molecule has 0 spiro atoms. The van der Waals surface area contributed by atoms with Crippen molar-refractivity contribution in [2.45, 2.75) is 57.3 Å². The minimum Gasteiger partial charge on any atom is -0.491 e. The third-order valence-corrected chi connectivity index (χ3v) is 3.93. The molecule has 0 aliphatic heterocycles. The first-order chi connectivity index (χ1) is 9.09. The topological polar surface area (TPSA) is 38.7 Å². The average Bonchev–Trinajstić information content (AvgIpc) is 2.88. The molecule has 1 saturated carbocycles. The van der Waals surface area contributed by atoms with Crippen LogP contribution in [0, 0.1) is 0 Å². The van der Waals surface area contributed by atoms with Gasteiger partial charge in [-0.25, -0.2) is 0 Å². The van der Waals surface area contributed by atoms with Crippen molar-refractivity contribution >= 4 is 0 Å². The maximum absolute atomic E-state index is 10.8. The number of aliphatic hydroxyl groups excluding tert-OH is 1. The fourth-order valence-electron chi connectivity index (χ4n) is 2.91. The molecule has 0 bridgehead atoms. The molecule has 0 radical (unpaired) electrons. The lowest BCUT2D eigenvalue weighted by Crippen LogP contribution is -2.35. The number of methoxy groups -OCH3 is 1. The summed E-state index contributed by atoms with van der Waals surface area (Å²) in [7, 11) is 1.69. The number of hydrogen-bond donors (Lipinski definition) is 1. The first-order valence-electron chi connectivity index (χ1n) is 7.08. The zero-order chi connectivity index (χ0) is 13.9. The van der Waals surface area contributed by atoms with E-state index in [1.165, 1.54) is 0 Å². The highest BCUT2D eigenvalue weighted by atomic mass is 16.5. The number of hydrogen-bond acceptors (Lipinski definition) is 3. The zero-order valence-corrected chi connectivity index (χ0v) is 12.1. The highest BCUT2D eigenvalue weighted by Gasteiger charge is 2.42. The van der Waals surface area contributed by atoms with Crippen molar-refractivity contribution in [3.63, 3.8) is 0 Å². The maximum atomic E-state index is 10.8. The Balaban J connectivity index is 2.29. The van der Waals surface area contributed by atoms with Crippen LogP contribution in [0.15, 0.2) is 24.3 Å². The molecule has 1 aliphatic rings. The van der Waals surface area contributed by atoms with E-state index in [0.29, 0.717) is 0 Å². The Labute approximate surface area is 115 Å². The second-order valence-electron chi connectivity index (χ2n) is 5.58. The quantitative estimate of drug-likeness (QED) is 0.885. The Hall–Kier alpha value is -1.06. The van der Waals surface area contributed by atoms with Crippen molar-refractivity contribution in [2.75, 3.05) is 7.11 Å². The number of benzene rings is 1. The number of para-hydroxylation sites is 1. The SMILES string of the molecule is COC1(C(O)c2ccccc2OC(C)C)CCCC1. The maximum Gasteiger partial charge on any atom is 0.125 e. The van der Waals surface area contributed by atoms with Crippen LogP contribution in [-0.2, 0) is 4.74 Å². The van der Waals surface area contributed by atoms with Crippen LogP contribution < -0.4 is 4.74 Å². The van der Waals surface area contributed by atoms with E-state index in [1.54, 1.807) is 7.11 Å². The molecule has 19 heavy (non-hydrogen) atoms. The van der Waals surface area contributed by atoms with Crippen molar-refractivity contribution in [1.82, 2.24) is 0 Å². The molecule has 0 aromatic heterocycles. The summed E-state index contributed by atoms with van der Waals surface area (Å²) in [5.74, 6) is 0.758. The summed E-state index contributed by atoms with van der Waals surface area (Å²) >= 11 is 0. The van der Waals surface area contributed by atoms with Crippen LogP contribution >= 0.6 is 0 Å². The van der Waals surface area contributed by atoms with Gasteiger partial charge in [0.15, 0.2) is 0 Å². The average molecular weight is 264 g/mol. The minimum atomic E-state index is -0.630. The van der Waals surface area contributed by atoms with Gasteiger partial charge >= 0.3 is 0 Å². The molecule has 1 fully saturated rings. The van der Waals surface area contributed by atoms with Crippen LogP contribution in [0.25, 0.3) is 0 Å². The van der Waals surface area contributed by atoms with Crippen molar-refractivity contribution in [2.24, 2.45) is 0 Å². The van der Waals surface area contributed by atoms with Crippen LogP contribution in [0.3, 0.4) is 0 Å². The van der Waals surface area contributed by atoms with Crippen LogP contribution in [0.4, 0.5) is 0 Å². The molecule has 3 nitrogen and oxygen atoms in total. The lowest BCUT2D eigenvalue weighted by Gasteiger charge is -2.34. The molecule has 1 aliphatic carbocycles. The van der Waals surface area contributed by atoms with Gasteiger partial charge in [-0.15, -0.1) is 0 Å². The van der Waals surface area contributed by atoms with Gasteiger partial charge in [0.1, 0.15) is 11.9 Å². The number of rotatable bonds is 5. The zero-order valence-electron chi connectivity index (χ0n) is 12.1. The second-order valence-corrected chi connectivity index (χ2v) is 5.58. The second kappa shape index (κ2) is 5.93. The van der Waals surface area contributed by atoms with E-state index in [4.69, 9.17) is 9.47 Å². The molecule has 1 atom stereocenters. The van der Waals surface area contributed by atoms with Gasteiger partial charge in [0.05, 0.1) is 11.7 Å². The summed E-state index contributed by atoms with van der Waals surface area (Å²) in [4.78, 5) is 0. The molecule has 1 aromatic carbocycles. The molecule has 3 heteroatoms. The molecule has 0 heterocycles. The molecular weight excluding hydrogens is 240 g/mol. The van der Waals surface area contributed by atoms with E-state index in [1.807, 2.05) is 38.1 Å². The van der Waals surface area contributed by atoms with Gasteiger partial charge in [-0.05, 0) is 32.8 Å². The smallest absolute Gasteiger partial charge is 0.125 e. The van der Waals surface area contributed by atoms with E-state index in [-0.39, 0.29) is 6.10 Å². The number of ether oxygens (including phenoxy) is 2. The standard InChI is InChI=1S/C16H24O3/c1-12(2)19-14-9-5-4-8-13(14)15(17)16(18-3)10-6-7-11-16/h4-5,8-9,12,15,17H,6-7,10-11H2,1-3H3. The lowest BCUT2D eigenvalue weighted by molar-refractivity contribution is -0.101. The largest absolute Gasteiger partial charge is 0.491 e. The normalized spacial score (nSPS) is 19.6. The van der Waals surface area contributed by atoms with E-state index in [0.717, 1.165) is 37.0 Å². The number of aliphatic hydroxyl groups is 1. The van der Waals surface area contributed by atoms with Crippen molar-refractivity contribution in [1.29, 1.82) is 0 Å². The third-order valence-electron chi connectivity index (χ3n) is 3.93. The summed E-state index contributed by atoms with van der Waals surface area (Å²) in [6, 6.07) is 7.71. The van der Waals surface area contributed by atoms with Gasteiger partial charge in [-0.3, -0.25) is 0 Å². The molecule has 0 saturated heterocycles. The summed E-state index contributed by atoms with van der Waals surface area (Å²) in [6.45, 7) is 3.98. The first kappa shape index (κ1) is 14.4. The molecule has 1 unspecified atom stereocenters. The summed E-state index contributed by atoms with van der Waals surface area (Å²) in [5, 5.41) is 10.8. The van der Waals surface area contributed by atoms with Gasteiger partial charge in [0.2, 0.25) is 0 Å². The van der Waals surface area contributed by atoms with Crippen LogP contribution in [0.5, 0.6) is 5.75 Å². The molecular formula is C16H24O3. The van der Waals surface area contributed by atoms with Crippen LogP contribution in [-0.4, -0.2) is 23.9 Å². The van der Waals surface area contributed by atoms with Gasteiger partial charge in [0, 0.05) is 12.7 Å². The predicted octanol–water partition coefficient (Wildman–Crippen LogP) is 3.47. The Morgan fingerprint density at radius 2 is 1.79 bits per heavy atom. The van der Waals surface area contributed by atoms with E-state index in [9.17, 15) is 5.11 Å². The molecule has 106 valence electrons. The van der Waals surface area contributed by atoms with Crippen molar-refractivity contribution in [3.05, 3.63) is 29.8 Å². The Morgan fingerprint density at radius 3 is 2.37 bits per heavy atom. The lowest BCUT2D eigenvalue weighted by atomic mass is 9.89. The summed E-state index contributed by atoms with van der Waals surface area (Å²) < 4.78 is 11.5. The Bertz CT molecular complexity index is 408. The first-order valence-corrected chi connectivity index (χ1v) is 7.08. The monoisotopic (exact) mass is 264 g/mol. The van der Waals surface area contributed by atoms with Gasteiger partial charge in [0.25, 0.3) is 0 Å². The predicted molar refractivity (Wildman–Crippen MR) is 75.4 cm³/mol. The molecule has 1 aromatic rings. The third kappa shape index (κ3) is 2.93. The Kier molecular flexibility index (Phi) is 4.48. The molecule has 2 rings (SSSR count). The highest BCUT2D eigenvalue weighted by molar-refractivity contribution is 5.37. The van der Waals surface area contributed by atoms with Gasteiger partial charge < -0.3 is 14.6 Å². The van der Waals surface area contributed by atoms with Gasteiger partial charge in [-0.2, -0.15) is 0 Å². The summed E-state index contributed by atoms with van der Waals surface area (Å²) in [6.07, 6.45) is 3.49. The molecule has 0 amide bonds. The van der Waals surface area contributed by atoms with Gasteiger partial charge in [-0.1, -0.05) is 31.0 Å². The fourth-order valence-corrected chi connectivity index (χ4v) is 2.91. The highest BCUT2D eigenvalue weighted by Crippen LogP contribution is 2.44. The molecule has 1 N–H and O–H groups in total. The summed E-state index contributed by atoms with van der Waals surface area (Å²) in [5.41, 5.74) is 0.385. The van der Waals surface area contributed by atoms with Crippen molar-refractivity contribution in [3.8, 4) is 5.75 Å². The van der Waals surface area contributed by atoms with E-state index in [2.05, 4.69) is 0 Å².